The summed E-state index contributed by atoms with van der Waals surface area (Å²) in [6.07, 6.45) is 1.97. The molecule has 0 spiro atoms. The summed E-state index contributed by atoms with van der Waals surface area (Å²) >= 11 is 7.60. The fraction of sp³-hybridized carbons (Fsp3) is 0.600. The number of aromatic nitrogens is 1. The topological polar surface area (TPSA) is 33.2 Å². The van der Waals surface area contributed by atoms with Crippen LogP contribution in [0.1, 0.15) is 30.3 Å². The Kier molecular flexibility index (Phi) is 3.26. The summed E-state index contributed by atoms with van der Waals surface area (Å²) in [5, 5.41) is 1.86. The largest absolute Gasteiger partial charge is 0.333 e. The minimum absolute atomic E-state index is 0.00843. The smallest absolute Gasteiger partial charge is 0.273 e. The lowest BCUT2D eigenvalue weighted by atomic mass is 10.0. The van der Waals surface area contributed by atoms with Crippen LogP contribution in [0.3, 0.4) is 0 Å². The Morgan fingerprint density at radius 3 is 3.20 bits per heavy atom. The fourth-order valence-electron chi connectivity index (χ4n) is 1.85. The lowest BCUT2D eigenvalue weighted by molar-refractivity contribution is 0.0636. The first-order valence-corrected chi connectivity index (χ1v) is 6.41. The van der Waals surface area contributed by atoms with Crippen LogP contribution in [0.2, 0.25) is 0 Å². The number of nitrogens with zero attached hydrogens (tertiary/aromatic N) is 2. The molecule has 1 aliphatic heterocycles. The van der Waals surface area contributed by atoms with Crippen LogP contribution in [-0.2, 0) is 0 Å². The number of piperidine rings is 1. The van der Waals surface area contributed by atoms with Gasteiger partial charge in [-0.05, 0) is 19.8 Å². The Morgan fingerprint density at radius 2 is 2.53 bits per heavy atom. The second-order valence-corrected chi connectivity index (χ2v) is 5.05. The van der Waals surface area contributed by atoms with Crippen molar-refractivity contribution in [1.82, 2.24) is 9.88 Å². The Hall–Kier alpha value is -0.610. The third-order valence-corrected chi connectivity index (χ3v) is 3.98. The Bertz CT molecular complexity index is 341. The number of amides is 1. The van der Waals surface area contributed by atoms with Gasteiger partial charge < -0.3 is 4.90 Å². The van der Waals surface area contributed by atoms with Gasteiger partial charge in [-0.15, -0.1) is 22.9 Å². The van der Waals surface area contributed by atoms with Gasteiger partial charge >= 0.3 is 0 Å². The molecule has 0 bridgehead atoms. The number of hydrogen-bond donors (Lipinski definition) is 0. The summed E-state index contributed by atoms with van der Waals surface area (Å²) in [5.74, 6) is 0.00843. The predicted molar refractivity (Wildman–Crippen MR) is 61.5 cm³/mol. The van der Waals surface area contributed by atoms with E-state index in [0.29, 0.717) is 5.69 Å². The molecule has 1 aliphatic rings. The first-order valence-electron chi connectivity index (χ1n) is 5.03. The van der Waals surface area contributed by atoms with Crippen molar-refractivity contribution in [3.05, 3.63) is 16.6 Å². The highest BCUT2D eigenvalue weighted by atomic mass is 35.5. The summed E-state index contributed by atoms with van der Waals surface area (Å²) in [7, 11) is 0. The van der Waals surface area contributed by atoms with Crippen molar-refractivity contribution in [1.29, 1.82) is 0 Å². The number of halogens is 1. The van der Waals surface area contributed by atoms with E-state index in [1.807, 2.05) is 11.8 Å². The van der Waals surface area contributed by atoms with Crippen molar-refractivity contribution < 1.29 is 4.79 Å². The number of thiazole rings is 1. The highest BCUT2D eigenvalue weighted by Gasteiger charge is 2.30. The molecular weight excluding hydrogens is 232 g/mol. The standard InChI is InChI=1S/C10H13ClN2OS/c1-7-8(11)3-2-4-13(7)10(14)9-5-15-6-12-9/h5-8H,2-4H2,1H3. The molecule has 0 N–H and O–H groups in total. The molecule has 2 unspecified atom stereocenters. The van der Waals surface area contributed by atoms with E-state index >= 15 is 0 Å². The van der Waals surface area contributed by atoms with Gasteiger partial charge in [0.1, 0.15) is 5.69 Å². The second-order valence-electron chi connectivity index (χ2n) is 3.77. The summed E-state index contributed by atoms with van der Waals surface area (Å²) in [6, 6.07) is 0.106. The van der Waals surface area contributed by atoms with Crippen LogP contribution < -0.4 is 0 Å². The first kappa shape index (κ1) is 10.9. The fourth-order valence-corrected chi connectivity index (χ4v) is 2.66. The van der Waals surface area contributed by atoms with E-state index in [0.717, 1.165) is 19.4 Å². The molecule has 1 aromatic rings. The maximum atomic E-state index is 12.0. The zero-order valence-electron chi connectivity index (χ0n) is 8.52. The SMILES string of the molecule is CC1C(Cl)CCCN1C(=O)c1cscn1. The Balaban J connectivity index is 2.13. The highest BCUT2D eigenvalue weighted by Crippen LogP contribution is 2.23. The molecule has 3 nitrogen and oxygen atoms in total. The van der Waals surface area contributed by atoms with Crippen LogP contribution in [0.25, 0.3) is 0 Å². The van der Waals surface area contributed by atoms with E-state index in [9.17, 15) is 4.79 Å². The Labute approximate surface area is 98.1 Å². The van der Waals surface area contributed by atoms with Gasteiger partial charge in [0.15, 0.2) is 0 Å². The molecule has 0 aromatic carbocycles. The average Bonchev–Trinajstić information content (AvgIpc) is 2.74. The van der Waals surface area contributed by atoms with E-state index < -0.39 is 0 Å². The zero-order chi connectivity index (χ0) is 10.8. The number of hydrogen-bond acceptors (Lipinski definition) is 3. The van der Waals surface area contributed by atoms with Crippen molar-refractivity contribution in [2.75, 3.05) is 6.54 Å². The number of carbonyl (C=O) groups is 1. The number of rotatable bonds is 1. The molecule has 0 saturated carbocycles. The molecule has 1 fully saturated rings. The van der Waals surface area contributed by atoms with Crippen LogP contribution in [0.4, 0.5) is 0 Å². The van der Waals surface area contributed by atoms with E-state index in [1.165, 1.54) is 11.3 Å². The van der Waals surface area contributed by atoms with E-state index in [1.54, 1.807) is 10.9 Å². The normalized spacial score (nSPS) is 26.7. The quantitative estimate of drug-likeness (QED) is 0.711. The van der Waals surface area contributed by atoms with Crippen molar-refractivity contribution in [2.45, 2.75) is 31.2 Å². The molecule has 1 amide bonds. The molecule has 1 saturated heterocycles. The Morgan fingerprint density at radius 1 is 1.73 bits per heavy atom. The molecule has 0 aliphatic carbocycles. The van der Waals surface area contributed by atoms with Gasteiger partial charge in [-0.1, -0.05) is 0 Å². The molecule has 15 heavy (non-hydrogen) atoms. The molecule has 2 atom stereocenters. The number of likely N-dealkylation sites (tertiary alicyclic amines) is 1. The van der Waals surface area contributed by atoms with Gasteiger partial charge in [0.05, 0.1) is 10.9 Å². The molecule has 2 rings (SSSR count). The van der Waals surface area contributed by atoms with Gasteiger partial charge in [-0.3, -0.25) is 4.79 Å². The molecule has 0 radical (unpaired) electrons. The number of alkyl halides is 1. The van der Waals surface area contributed by atoms with Gasteiger partial charge in [-0.2, -0.15) is 0 Å². The minimum Gasteiger partial charge on any atom is -0.333 e. The van der Waals surface area contributed by atoms with Crippen molar-refractivity contribution in [3.63, 3.8) is 0 Å². The van der Waals surface area contributed by atoms with Crippen LogP contribution in [0.15, 0.2) is 10.9 Å². The van der Waals surface area contributed by atoms with Gasteiger partial charge in [0.2, 0.25) is 0 Å². The van der Waals surface area contributed by atoms with E-state index in [2.05, 4.69) is 4.98 Å². The highest BCUT2D eigenvalue weighted by molar-refractivity contribution is 7.07. The lowest BCUT2D eigenvalue weighted by Gasteiger charge is -2.36. The van der Waals surface area contributed by atoms with Gasteiger partial charge in [-0.25, -0.2) is 4.98 Å². The van der Waals surface area contributed by atoms with Gasteiger partial charge in [0.25, 0.3) is 5.91 Å². The maximum absolute atomic E-state index is 12.0. The average molecular weight is 245 g/mol. The second kappa shape index (κ2) is 4.49. The molecule has 1 aromatic heterocycles. The third-order valence-electron chi connectivity index (χ3n) is 2.81. The van der Waals surface area contributed by atoms with E-state index in [-0.39, 0.29) is 17.3 Å². The van der Waals surface area contributed by atoms with Crippen LogP contribution >= 0.6 is 22.9 Å². The van der Waals surface area contributed by atoms with E-state index in [4.69, 9.17) is 11.6 Å². The molecular formula is C10H13ClN2OS. The molecule has 2 heterocycles. The molecule has 5 heteroatoms. The number of carbonyl (C=O) groups excluding carboxylic acids is 1. The summed E-state index contributed by atoms with van der Waals surface area (Å²) < 4.78 is 0. The summed E-state index contributed by atoms with van der Waals surface area (Å²) in [4.78, 5) is 17.9. The summed E-state index contributed by atoms with van der Waals surface area (Å²) in [6.45, 7) is 2.79. The third kappa shape index (κ3) is 2.16. The maximum Gasteiger partial charge on any atom is 0.273 e. The van der Waals surface area contributed by atoms with Crippen LogP contribution in [0, 0.1) is 0 Å². The van der Waals surface area contributed by atoms with Crippen LogP contribution in [-0.4, -0.2) is 33.8 Å². The zero-order valence-corrected chi connectivity index (χ0v) is 10.1. The minimum atomic E-state index is 0.00843. The van der Waals surface area contributed by atoms with Crippen LogP contribution in [0.5, 0.6) is 0 Å². The monoisotopic (exact) mass is 244 g/mol. The predicted octanol–water partition coefficient (Wildman–Crippen LogP) is 2.38. The van der Waals surface area contributed by atoms with Crippen molar-refractivity contribution >= 4 is 28.8 Å². The molecule has 82 valence electrons. The lowest BCUT2D eigenvalue weighted by Crippen LogP contribution is -2.47. The van der Waals surface area contributed by atoms with Gasteiger partial charge in [0, 0.05) is 18.0 Å². The van der Waals surface area contributed by atoms with Crippen molar-refractivity contribution in [3.8, 4) is 0 Å². The van der Waals surface area contributed by atoms with Crippen molar-refractivity contribution in [2.24, 2.45) is 0 Å². The summed E-state index contributed by atoms with van der Waals surface area (Å²) in [5.41, 5.74) is 2.22. The first-order chi connectivity index (χ1) is 7.20.